The molecule has 0 radical (unpaired) electrons. The molecule has 1 aromatic carbocycles. The molecule has 2 aromatic rings. The zero-order valence-electron chi connectivity index (χ0n) is 10.2. The summed E-state index contributed by atoms with van der Waals surface area (Å²) in [7, 11) is 0. The Morgan fingerprint density at radius 1 is 1.28 bits per heavy atom. The zero-order valence-corrected chi connectivity index (χ0v) is 10.2. The second-order valence-electron chi connectivity index (χ2n) is 4.72. The number of hydrogen-bond donors (Lipinski definition) is 1. The van der Waals surface area contributed by atoms with E-state index in [0.717, 1.165) is 0 Å². The van der Waals surface area contributed by atoms with Gasteiger partial charge in [0, 0.05) is 5.56 Å². The molecule has 0 saturated carbocycles. The molecule has 0 spiro atoms. The van der Waals surface area contributed by atoms with Gasteiger partial charge in [0.15, 0.2) is 0 Å². The fourth-order valence-electron chi connectivity index (χ4n) is 1.52. The van der Waals surface area contributed by atoms with E-state index in [2.05, 4.69) is 10.3 Å². The second-order valence-corrected chi connectivity index (χ2v) is 4.72. The van der Waals surface area contributed by atoms with Crippen LogP contribution in [0.4, 0.5) is 8.78 Å². The molecule has 1 aromatic heterocycles. The SMILES string of the molecule is CC(C)(N)c1cn(Cc2c(F)cccc2F)nn1. The molecule has 0 aliphatic rings. The Hall–Kier alpha value is -1.82. The van der Waals surface area contributed by atoms with E-state index < -0.39 is 17.2 Å². The van der Waals surface area contributed by atoms with Gasteiger partial charge in [-0.3, -0.25) is 0 Å². The normalized spacial score (nSPS) is 11.8. The van der Waals surface area contributed by atoms with Crippen molar-refractivity contribution in [1.82, 2.24) is 15.0 Å². The number of rotatable bonds is 3. The van der Waals surface area contributed by atoms with E-state index in [4.69, 9.17) is 5.73 Å². The van der Waals surface area contributed by atoms with Gasteiger partial charge in [-0.25, -0.2) is 13.5 Å². The minimum atomic E-state index is -0.633. The summed E-state index contributed by atoms with van der Waals surface area (Å²) in [6, 6.07) is 3.75. The lowest BCUT2D eigenvalue weighted by Crippen LogP contribution is -2.29. The largest absolute Gasteiger partial charge is 0.320 e. The summed E-state index contributed by atoms with van der Waals surface area (Å²) in [4.78, 5) is 0. The molecule has 0 bridgehead atoms. The van der Waals surface area contributed by atoms with E-state index in [1.165, 1.54) is 22.9 Å². The predicted molar refractivity (Wildman–Crippen MR) is 62.7 cm³/mol. The number of benzene rings is 1. The summed E-state index contributed by atoms with van der Waals surface area (Å²) in [5.74, 6) is -1.20. The highest BCUT2D eigenvalue weighted by atomic mass is 19.1. The summed E-state index contributed by atoms with van der Waals surface area (Å²) in [6.07, 6.45) is 1.59. The lowest BCUT2D eigenvalue weighted by Gasteiger charge is -2.13. The van der Waals surface area contributed by atoms with Crippen molar-refractivity contribution in [2.45, 2.75) is 25.9 Å². The van der Waals surface area contributed by atoms with Crippen LogP contribution in [-0.4, -0.2) is 15.0 Å². The van der Waals surface area contributed by atoms with E-state index in [1.54, 1.807) is 20.0 Å². The molecule has 1 heterocycles. The Morgan fingerprint density at radius 2 is 1.89 bits per heavy atom. The maximum absolute atomic E-state index is 13.5. The average molecular weight is 252 g/mol. The van der Waals surface area contributed by atoms with Crippen molar-refractivity contribution in [3.8, 4) is 0 Å². The molecule has 0 unspecified atom stereocenters. The monoisotopic (exact) mass is 252 g/mol. The lowest BCUT2D eigenvalue weighted by atomic mass is 10.0. The van der Waals surface area contributed by atoms with Crippen molar-refractivity contribution in [3.05, 3.63) is 47.3 Å². The maximum Gasteiger partial charge on any atom is 0.131 e. The number of nitrogens with two attached hydrogens (primary N) is 1. The van der Waals surface area contributed by atoms with E-state index in [1.807, 2.05) is 0 Å². The quantitative estimate of drug-likeness (QED) is 0.906. The first kappa shape index (κ1) is 12.6. The van der Waals surface area contributed by atoms with Crippen LogP contribution in [-0.2, 0) is 12.1 Å². The Kier molecular flexibility index (Phi) is 3.13. The van der Waals surface area contributed by atoms with Crippen molar-refractivity contribution in [2.24, 2.45) is 5.73 Å². The van der Waals surface area contributed by atoms with Gasteiger partial charge in [0.25, 0.3) is 0 Å². The van der Waals surface area contributed by atoms with Crippen LogP contribution < -0.4 is 5.73 Å². The van der Waals surface area contributed by atoms with Crippen molar-refractivity contribution < 1.29 is 8.78 Å². The van der Waals surface area contributed by atoms with Crippen LogP contribution in [0.15, 0.2) is 24.4 Å². The van der Waals surface area contributed by atoms with E-state index >= 15 is 0 Å². The minimum Gasteiger partial charge on any atom is -0.320 e. The first-order chi connectivity index (χ1) is 8.38. The van der Waals surface area contributed by atoms with E-state index in [0.29, 0.717) is 5.69 Å². The molecule has 2 N–H and O–H groups in total. The van der Waals surface area contributed by atoms with Crippen LogP contribution in [0.25, 0.3) is 0 Å². The first-order valence-electron chi connectivity index (χ1n) is 5.50. The van der Waals surface area contributed by atoms with Crippen LogP contribution in [0.2, 0.25) is 0 Å². The first-order valence-corrected chi connectivity index (χ1v) is 5.50. The van der Waals surface area contributed by atoms with Gasteiger partial charge in [-0.05, 0) is 26.0 Å². The van der Waals surface area contributed by atoms with Crippen molar-refractivity contribution in [2.75, 3.05) is 0 Å². The molecular formula is C12H14F2N4. The number of hydrogen-bond acceptors (Lipinski definition) is 3. The second kappa shape index (κ2) is 4.45. The summed E-state index contributed by atoms with van der Waals surface area (Å²) in [5, 5.41) is 7.70. The van der Waals surface area contributed by atoms with Gasteiger partial charge in [0.05, 0.1) is 18.3 Å². The third-order valence-corrected chi connectivity index (χ3v) is 2.58. The smallest absolute Gasteiger partial charge is 0.131 e. The van der Waals surface area contributed by atoms with Crippen molar-refractivity contribution in [1.29, 1.82) is 0 Å². The van der Waals surface area contributed by atoms with Gasteiger partial charge in [0.1, 0.15) is 17.3 Å². The third kappa shape index (κ3) is 2.53. The summed E-state index contributed by atoms with van der Waals surface area (Å²) in [6.45, 7) is 3.55. The highest BCUT2D eigenvalue weighted by molar-refractivity contribution is 5.20. The summed E-state index contributed by atoms with van der Waals surface area (Å²) < 4.78 is 28.3. The summed E-state index contributed by atoms with van der Waals surface area (Å²) >= 11 is 0. The Morgan fingerprint density at radius 3 is 2.39 bits per heavy atom. The van der Waals surface area contributed by atoms with Gasteiger partial charge in [-0.1, -0.05) is 11.3 Å². The lowest BCUT2D eigenvalue weighted by molar-refractivity contribution is 0.527. The number of halogens is 2. The molecule has 2 rings (SSSR count). The van der Waals surface area contributed by atoms with Gasteiger partial charge in [-0.15, -0.1) is 5.10 Å². The molecular weight excluding hydrogens is 238 g/mol. The average Bonchev–Trinajstić information content (AvgIpc) is 2.72. The van der Waals surface area contributed by atoms with Crippen molar-refractivity contribution >= 4 is 0 Å². The van der Waals surface area contributed by atoms with Crippen LogP contribution >= 0.6 is 0 Å². The molecule has 0 aliphatic heterocycles. The van der Waals surface area contributed by atoms with Gasteiger partial charge < -0.3 is 5.73 Å². The molecule has 0 atom stereocenters. The van der Waals surface area contributed by atoms with Crippen LogP contribution in [0.3, 0.4) is 0 Å². The Labute approximate surface area is 103 Å². The highest BCUT2D eigenvalue weighted by Gasteiger charge is 2.19. The summed E-state index contributed by atoms with van der Waals surface area (Å²) in [5.41, 5.74) is 5.76. The molecule has 0 aliphatic carbocycles. The Balaban J connectivity index is 2.27. The number of nitrogens with zero attached hydrogens (tertiary/aromatic N) is 3. The highest BCUT2D eigenvalue weighted by Crippen LogP contribution is 2.16. The van der Waals surface area contributed by atoms with Gasteiger partial charge in [0.2, 0.25) is 0 Å². The topological polar surface area (TPSA) is 56.7 Å². The van der Waals surface area contributed by atoms with Crippen LogP contribution in [0.5, 0.6) is 0 Å². The molecule has 4 nitrogen and oxygen atoms in total. The molecule has 18 heavy (non-hydrogen) atoms. The standard InChI is InChI=1S/C12H14F2N4/c1-12(2,15)11-7-18(17-16-11)6-8-9(13)4-3-5-10(8)14/h3-5,7H,6,15H2,1-2H3. The van der Waals surface area contributed by atoms with Crippen LogP contribution in [0.1, 0.15) is 25.1 Å². The molecule has 0 saturated heterocycles. The molecule has 6 heteroatoms. The minimum absolute atomic E-state index is 0.0123. The fraction of sp³-hybridized carbons (Fsp3) is 0.333. The number of aromatic nitrogens is 3. The van der Waals surface area contributed by atoms with Crippen LogP contribution in [0, 0.1) is 11.6 Å². The van der Waals surface area contributed by atoms with Gasteiger partial charge >= 0.3 is 0 Å². The fourth-order valence-corrected chi connectivity index (χ4v) is 1.52. The molecule has 96 valence electrons. The maximum atomic E-state index is 13.5. The zero-order chi connectivity index (χ0) is 13.3. The van der Waals surface area contributed by atoms with Gasteiger partial charge in [-0.2, -0.15) is 0 Å². The molecule has 0 fully saturated rings. The van der Waals surface area contributed by atoms with E-state index in [-0.39, 0.29) is 12.1 Å². The Bertz CT molecular complexity index is 537. The van der Waals surface area contributed by atoms with E-state index in [9.17, 15) is 8.78 Å². The third-order valence-electron chi connectivity index (χ3n) is 2.58. The molecule has 0 amide bonds. The van der Waals surface area contributed by atoms with Crippen molar-refractivity contribution in [3.63, 3.8) is 0 Å². The predicted octanol–water partition coefficient (Wildman–Crippen LogP) is 1.80.